The Hall–Kier alpha value is -2.43. The van der Waals surface area contributed by atoms with E-state index in [9.17, 15) is 4.79 Å². The van der Waals surface area contributed by atoms with Crippen LogP contribution < -0.4 is 4.90 Å². The minimum absolute atomic E-state index is 0.0789. The van der Waals surface area contributed by atoms with Crippen molar-refractivity contribution < 1.29 is 9.90 Å². The van der Waals surface area contributed by atoms with Crippen molar-refractivity contribution in [1.29, 1.82) is 0 Å². The lowest BCUT2D eigenvalue weighted by Gasteiger charge is -2.28. The molecule has 1 aromatic heterocycles. The van der Waals surface area contributed by atoms with Crippen LogP contribution in [0.3, 0.4) is 0 Å². The summed E-state index contributed by atoms with van der Waals surface area (Å²) in [5.41, 5.74) is 3.37. The first-order chi connectivity index (χ1) is 10.3. The molecule has 0 fully saturated rings. The van der Waals surface area contributed by atoms with Crippen LogP contribution in [0.4, 0.5) is 5.82 Å². The summed E-state index contributed by atoms with van der Waals surface area (Å²) in [6.07, 6.45) is 0. The van der Waals surface area contributed by atoms with Gasteiger partial charge in [-0.2, -0.15) is 0 Å². The lowest BCUT2D eigenvalue weighted by Crippen LogP contribution is -2.24. The van der Waals surface area contributed by atoms with E-state index in [1.165, 1.54) is 0 Å². The van der Waals surface area contributed by atoms with E-state index in [0.717, 1.165) is 28.5 Å². The number of carboxylic acid groups (broad SMARTS) is 1. The molecule has 5 heteroatoms. The van der Waals surface area contributed by atoms with Gasteiger partial charge in [-0.05, 0) is 45.4 Å². The van der Waals surface area contributed by atoms with E-state index in [1.807, 2.05) is 40.0 Å². The number of aromatic nitrogens is 2. The Morgan fingerprint density at radius 1 is 1.14 bits per heavy atom. The highest BCUT2D eigenvalue weighted by atomic mass is 16.4. The Morgan fingerprint density at radius 2 is 1.73 bits per heavy atom. The van der Waals surface area contributed by atoms with Gasteiger partial charge in [-0.25, -0.2) is 14.8 Å². The molecule has 1 N–H and O–H groups in total. The third-order valence-corrected chi connectivity index (χ3v) is 4.03. The molecule has 2 aromatic rings. The second kappa shape index (κ2) is 6.13. The van der Waals surface area contributed by atoms with Gasteiger partial charge in [0.25, 0.3) is 0 Å². The second-order valence-corrected chi connectivity index (χ2v) is 5.52. The van der Waals surface area contributed by atoms with Crippen molar-refractivity contribution >= 4 is 11.8 Å². The van der Waals surface area contributed by atoms with E-state index >= 15 is 0 Å². The van der Waals surface area contributed by atoms with E-state index in [0.29, 0.717) is 5.56 Å². The molecule has 0 saturated heterocycles. The first-order valence-corrected chi connectivity index (χ1v) is 7.19. The third-order valence-electron chi connectivity index (χ3n) is 4.03. The Labute approximate surface area is 130 Å². The molecule has 5 nitrogen and oxygen atoms in total. The van der Waals surface area contributed by atoms with Crippen LogP contribution in [0.15, 0.2) is 24.3 Å². The van der Waals surface area contributed by atoms with Gasteiger partial charge in [0.05, 0.1) is 11.6 Å². The van der Waals surface area contributed by atoms with Crippen LogP contribution in [0, 0.1) is 20.8 Å². The summed E-state index contributed by atoms with van der Waals surface area (Å²) in [6, 6.07) is 7.04. The molecule has 0 spiro atoms. The van der Waals surface area contributed by atoms with Crippen molar-refractivity contribution in [3.63, 3.8) is 0 Å². The number of carbonyl (C=O) groups is 1. The first-order valence-electron chi connectivity index (χ1n) is 7.19. The van der Waals surface area contributed by atoms with Gasteiger partial charge in [0.2, 0.25) is 0 Å². The van der Waals surface area contributed by atoms with Crippen LogP contribution >= 0.6 is 0 Å². The molecule has 0 bridgehead atoms. The summed E-state index contributed by atoms with van der Waals surface area (Å²) < 4.78 is 0. The van der Waals surface area contributed by atoms with Crippen molar-refractivity contribution in [2.75, 3.05) is 11.9 Å². The number of anilines is 1. The maximum absolute atomic E-state index is 10.9. The van der Waals surface area contributed by atoms with E-state index in [2.05, 4.69) is 21.8 Å². The molecular formula is C17H21N3O2. The highest BCUT2D eigenvalue weighted by Crippen LogP contribution is 2.27. The van der Waals surface area contributed by atoms with Gasteiger partial charge in [0.1, 0.15) is 11.6 Å². The molecule has 0 aliphatic rings. The first kappa shape index (κ1) is 15.9. The standard InChI is InChI=1S/C17H21N3O2/c1-10-11(2)18-13(4)19-16(10)20(5)12(3)14-6-8-15(9-7-14)17(21)22/h6-9,12H,1-5H3,(H,21,22). The van der Waals surface area contributed by atoms with E-state index < -0.39 is 5.97 Å². The molecule has 1 atom stereocenters. The summed E-state index contributed by atoms with van der Waals surface area (Å²) in [7, 11) is 1.99. The topological polar surface area (TPSA) is 66.3 Å². The van der Waals surface area contributed by atoms with Crippen molar-refractivity contribution in [1.82, 2.24) is 9.97 Å². The van der Waals surface area contributed by atoms with E-state index in [-0.39, 0.29) is 6.04 Å². The molecule has 0 aliphatic heterocycles. The lowest BCUT2D eigenvalue weighted by atomic mass is 10.0. The van der Waals surface area contributed by atoms with Gasteiger partial charge in [-0.1, -0.05) is 12.1 Å². The Balaban J connectivity index is 2.32. The smallest absolute Gasteiger partial charge is 0.335 e. The number of hydrogen-bond donors (Lipinski definition) is 1. The second-order valence-electron chi connectivity index (χ2n) is 5.52. The van der Waals surface area contributed by atoms with Gasteiger partial charge in [-0.15, -0.1) is 0 Å². The summed E-state index contributed by atoms with van der Waals surface area (Å²) in [4.78, 5) is 21.9. The third kappa shape index (κ3) is 3.08. The molecule has 0 radical (unpaired) electrons. The lowest BCUT2D eigenvalue weighted by molar-refractivity contribution is 0.0697. The van der Waals surface area contributed by atoms with E-state index in [1.54, 1.807) is 12.1 Å². The SMILES string of the molecule is Cc1nc(C)c(C)c(N(C)C(C)c2ccc(C(=O)O)cc2)n1. The van der Waals surface area contributed by atoms with Crippen LogP contribution in [-0.4, -0.2) is 28.1 Å². The maximum atomic E-state index is 10.9. The van der Waals surface area contributed by atoms with Crippen LogP contribution in [-0.2, 0) is 0 Å². The largest absolute Gasteiger partial charge is 0.478 e. The predicted molar refractivity (Wildman–Crippen MR) is 86.5 cm³/mol. The number of nitrogens with zero attached hydrogens (tertiary/aromatic N) is 3. The van der Waals surface area contributed by atoms with Crippen molar-refractivity contribution in [3.8, 4) is 0 Å². The Kier molecular flexibility index (Phi) is 4.45. The predicted octanol–water partition coefficient (Wildman–Crippen LogP) is 3.30. The molecular weight excluding hydrogens is 278 g/mol. The molecule has 0 amide bonds. The highest BCUT2D eigenvalue weighted by Gasteiger charge is 2.17. The molecule has 22 heavy (non-hydrogen) atoms. The average molecular weight is 299 g/mol. The minimum atomic E-state index is -0.912. The van der Waals surface area contributed by atoms with Crippen molar-refractivity contribution in [2.24, 2.45) is 0 Å². The van der Waals surface area contributed by atoms with Gasteiger partial charge < -0.3 is 10.0 Å². The summed E-state index contributed by atoms with van der Waals surface area (Å²) in [5, 5.41) is 8.97. The molecule has 2 rings (SSSR count). The molecule has 0 aliphatic carbocycles. The maximum Gasteiger partial charge on any atom is 0.335 e. The molecule has 116 valence electrons. The van der Waals surface area contributed by atoms with Crippen LogP contribution in [0.5, 0.6) is 0 Å². The monoisotopic (exact) mass is 299 g/mol. The van der Waals surface area contributed by atoms with Crippen molar-refractivity contribution in [2.45, 2.75) is 33.7 Å². The quantitative estimate of drug-likeness (QED) is 0.938. The number of hydrogen-bond acceptors (Lipinski definition) is 4. The van der Waals surface area contributed by atoms with Crippen LogP contribution in [0.2, 0.25) is 0 Å². The fourth-order valence-electron chi connectivity index (χ4n) is 2.41. The van der Waals surface area contributed by atoms with Gasteiger partial charge >= 0.3 is 5.97 Å². The van der Waals surface area contributed by atoms with E-state index in [4.69, 9.17) is 5.11 Å². The highest BCUT2D eigenvalue weighted by molar-refractivity contribution is 5.87. The Bertz CT molecular complexity index is 696. The summed E-state index contributed by atoms with van der Waals surface area (Å²) in [6.45, 7) is 7.95. The average Bonchev–Trinajstić information content (AvgIpc) is 2.49. The zero-order valence-electron chi connectivity index (χ0n) is 13.6. The van der Waals surface area contributed by atoms with Gasteiger partial charge in [0.15, 0.2) is 0 Å². The normalized spacial score (nSPS) is 12.0. The summed E-state index contributed by atoms with van der Waals surface area (Å²) in [5.74, 6) is 0.739. The molecule has 1 aromatic carbocycles. The molecule has 0 saturated carbocycles. The molecule has 1 unspecified atom stereocenters. The zero-order valence-corrected chi connectivity index (χ0v) is 13.6. The summed E-state index contributed by atoms with van der Waals surface area (Å²) >= 11 is 0. The zero-order chi connectivity index (χ0) is 16.4. The van der Waals surface area contributed by atoms with Gasteiger partial charge in [-0.3, -0.25) is 0 Å². The van der Waals surface area contributed by atoms with Crippen molar-refractivity contribution in [3.05, 3.63) is 52.5 Å². The fraction of sp³-hybridized carbons (Fsp3) is 0.353. The number of carboxylic acids is 1. The minimum Gasteiger partial charge on any atom is -0.478 e. The van der Waals surface area contributed by atoms with Gasteiger partial charge in [0, 0.05) is 18.3 Å². The number of benzene rings is 1. The number of rotatable bonds is 4. The van der Waals surface area contributed by atoms with Crippen LogP contribution in [0.25, 0.3) is 0 Å². The van der Waals surface area contributed by atoms with Crippen LogP contribution in [0.1, 0.15) is 46.0 Å². The number of aromatic carboxylic acids is 1. The Morgan fingerprint density at radius 3 is 2.27 bits per heavy atom. The fourth-order valence-corrected chi connectivity index (χ4v) is 2.41. The number of aryl methyl sites for hydroxylation is 2. The molecule has 1 heterocycles.